The molecule has 122 valence electrons. The van der Waals surface area contributed by atoms with Crippen LogP contribution in [-0.2, 0) is 23.3 Å². The first-order valence-electron chi connectivity index (χ1n) is 7.04. The summed E-state index contributed by atoms with van der Waals surface area (Å²) in [4.78, 5) is 0. The molecular formula is C11H28N2O5SSi. The molecule has 7 nitrogen and oxygen atoms in total. The van der Waals surface area contributed by atoms with Gasteiger partial charge in [0.15, 0.2) is 0 Å². The molecule has 0 aromatic carbocycles. The van der Waals surface area contributed by atoms with Crippen LogP contribution in [0.5, 0.6) is 0 Å². The van der Waals surface area contributed by atoms with E-state index in [0.29, 0.717) is 38.8 Å². The first-order valence-corrected chi connectivity index (χ1v) is 10.6. The lowest BCUT2D eigenvalue weighted by atomic mass is 10.5. The molecule has 0 saturated heterocycles. The van der Waals surface area contributed by atoms with E-state index in [1.54, 1.807) is 0 Å². The maximum absolute atomic E-state index is 11.7. The lowest BCUT2D eigenvalue weighted by Crippen LogP contribution is -2.48. The van der Waals surface area contributed by atoms with Crippen LogP contribution in [0.15, 0.2) is 0 Å². The largest absolute Gasteiger partial charge is 0.502 e. The van der Waals surface area contributed by atoms with Crippen molar-refractivity contribution in [3.8, 4) is 0 Å². The van der Waals surface area contributed by atoms with Crippen molar-refractivity contribution in [1.29, 1.82) is 0 Å². The summed E-state index contributed by atoms with van der Waals surface area (Å²) < 4.78 is 42.8. The topological polar surface area (TPSA) is 99.9 Å². The van der Waals surface area contributed by atoms with Gasteiger partial charge in [0.2, 0.25) is 10.0 Å². The number of hydrogen-bond acceptors (Lipinski definition) is 6. The van der Waals surface area contributed by atoms with E-state index in [1.165, 1.54) is 0 Å². The van der Waals surface area contributed by atoms with E-state index >= 15 is 0 Å². The quantitative estimate of drug-likeness (QED) is 0.472. The summed E-state index contributed by atoms with van der Waals surface area (Å²) in [5, 5.41) is 0. The molecule has 0 aliphatic rings. The first-order chi connectivity index (χ1) is 9.45. The van der Waals surface area contributed by atoms with Gasteiger partial charge in [-0.2, -0.15) is 0 Å². The van der Waals surface area contributed by atoms with Crippen molar-refractivity contribution in [3.05, 3.63) is 0 Å². The van der Waals surface area contributed by atoms with Gasteiger partial charge in [-0.15, -0.1) is 0 Å². The number of sulfonamides is 1. The molecule has 0 heterocycles. The van der Waals surface area contributed by atoms with Crippen LogP contribution in [0, 0.1) is 0 Å². The Morgan fingerprint density at radius 1 is 1.05 bits per heavy atom. The van der Waals surface area contributed by atoms with Crippen LogP contribution in [0.2, 0.25) is 6.04 Å². The number of nitrogens with one attached hydrogen (secondary N) is 1. The summed E-state index contributed by atoms with van der Waals surface area (Å²) >= 11 is 0. The maximum Gasteiger partial charge on any atom is 0.502 e. The molecule has 0 aromatic heterocycles. The Morgan fingerprint density at radius 3 is 1.95 bits per heavy atom. The van der Waals surface area contributed by atoms with E-state index in [4.69, 9.17) is 19.0 Å². The summed E-state index contributed by atoms with van der Waals surface area (Å²) in [6.45, 7) is 7.64. The normalized spacial score (nSPS) is 12.8. The second-order valence-corrected chi connectivity index (χ2v) is 8.75. The SMILES string of the molecule is CCO[Si](CCNS(=O)(=O)CCCN)(OCC)OCC. The highest BCUT2D eigenvalue weighted by atomic mass is 32.2. The van der Waals surface area contributed by atoms with E-state index < -0.39 is 18.8 Å². The third-order valence-electron chi connectivity index (χ3n) is 2.46. The highest BCUT2D eigenvalue weighted by Crippen LogP contribution is 2.15. The van der Waals surface area contributed by atoms with Crippen molar-refractivity contribution in [2.45, 2.75) is 33.2 Å². The summed E-state index contributed by atoms with van der Waals surface area (Å²) in [6.07, 6.45) is 0.445. The smallest absolute Gasteiger partial charge is 0.374 e. The molecule has 0 unspecified atom stereocenters. The van der Waals surface area contributed by atoms with E-state index in [9.17, 15) is 8.42 Å². The van der Waals surface area contributed by atoms with Crippen LogP contribution in [0.25, 0.3) is 0 Å². The Bertz CT molecular complexity index is 323. The van der Waals surface area contributed by atoms with E-state index in [2.05, 4.69) is 4.72 Å². The maximum atomic E-state index is 11.7. The highest BCUT2D eigenvalue weighted by Gasteiger charge is 2.40. The predicted molar refractivity (Wildman–Crippen MR) is 80.9 cm³/mol. The highest BCUT2D eigenvalue weighted by molar-refractivity contribution is 7.89. The van der Waals surface area contributed by atoms with E-state index in [-0.39, 0.29) is 12.3 Å². The second kappa shape index (κ2) is 10.7. The molecule has 0 spiro atoms. The lowest BCUT2D eigenvalue weighted by molar-refractivity contribution is 0.0717. The average Bonchev–Trinajstić information content (AvgIpc) is 2.37. The fourth-order valence-corrected chi connectivity index (χ4v) is 5.43. The molecule has 0 radical (unpaired) electrons. The van der Waals surface area contributed by atoms with Gasteiger partial charge in [0, 0.05) is 32.4 Å². The molecule has 0 fully saturated rings. The molecule has 3 N–H and O–H groups in total. The zero-order valence-corrected chi connectivity index (χ0v) is 14.5. The molecule has 20 heavy (non-hydrogen) atoms. The minimum absolute atomic E-state index is 0.0377. The van der Waals surface area contributed by atoms with Crippen LogP contribution in [0.1, 0.15) is 27.2 Å². The Hall–Kier alpha value is -0.0331. The van der Waals surface area contributed by atoms with Crippen molar-refractivity contribution in [2.24, 2.45) is 5.73 Å². The van der Waals surface area contributed by atoms with Crippen molar-refractivity contribution in [1.82, 2.24) is 4.72 Å². The van der Waals surface area contributed by atoms with Crippen LogP contribution in [0.4, 0.5) is 0 Å². The van der Waals surface area contributed by atoms with Gasteiger partial charge in [0.25, 0.3) is 0 Å². The van der Waals surface area contributed by atoms with Gasteiger partial charge >= 0.3 is 8.80 Å². The zero-order valence-electron chi connectivity index (χ0n) is 12.7. The van der Waals surface area contributed by atoms with E-state index in [0.717, 1.165) is 0 Å². The van der Waals surface area contributed by atoms with Crippen molar-refractivity contribution >= 4 is 18.8 Å². The molecule has 0 atom stereocenters. The van der Waals surface area contributed by atoms with Gasteiger partial charge in [0.1, 0.15) is 0 Å². The fraction of sp³-hybridized carbons (Fsp3) is 1.00. The van der Waals surface area contributed by atoms with Crippen LogP contribution in [0.3, 0.4) is 0 Å². The summed E-state index contributed by atoms with van der Waals surface area (Å²) in [5.74, 6) is 0.0377. The molecule has 0 bridgehead atoms. The Balaban J connectivity index is 4.44. The van der Waals surface area contributed by atoms with E-state index in [1.807, 2.05) is 20.8 Å². The Kier molecular flexibility index (Phi) is 10.6. The van der Waals surface area contributed by atoms with Gasteiger partial charge in [-0.1, -0.05) is 0 Å². The Morgan fingerprint density at radius 2 is 1.55 bits per heavy atom. The summed E-state index contributed by atoms with van der Waals surface area (Å²) in [5.41, 5.74) is 5.31. The van der Waals surface area contributed by atoms with Gasteiger partial charge in [-0.3, -0.25) is 0 Å². The summed E-state index contributed by atoms with van der Waals surface area (Å²) in [6, 6.07) is 0.421. The third kappa shape index (κ3) is 8.30. The second-order valence-electron chi connectivity index (χ2n) is 4.09. The molecule has 9 heteroatoms. The Labute approximate surface area is 123 Å². The molecule has 0 amide bonds. The molecule has 0 aliphatic carbocycles. The van der Waals surface area contributed by atoms with Gasteiger partial charge in [0.05, 0.1) is 5.75 Å². The van der Waals surface area contributed by atoms with Gasteiger partial charge in [-0.05, 0) is 33.7 Å². The number of hydrogen-bond donors (Lipinski definition) is 2. The molecule has 0 aliphatic heterocycles. The van der Waals surface area contributed by atoms with Crippen LogP contribution < -0.4 is 10.5 Å². The zero-order chi connectivity index (χ0) is 15.5. The van der Waals surface area contributed by atoms with Gasteiger partial charge < -0.3 is 19.0 Å². The first kappa shape index (κ1) is 20.0. The molecular weight excluding hydrogens is 300 g/mol. The average molecular weight is 329 g/mol. The predicted octanol–water partition coefficient (Wildman–Crippen LogP) is 0.303. The van der Waals surface area contributed by atoms with Crippen molar-refractivity contribution in [2.75, 3.05) is 38.7 Å². The van der Waals surface area contributed by atoms with Crippen molar-refractivity contribution < 1.29 is 21.7 Å². The third-order valence-corrected chi connectivity index (χ3v) is 6.98. The number of nitrogens with two attached hydrogens (primary N) is 1. The van der Waals surface area contributed by atoms with Gasteiger partial charge in [-0.25, -0.2) is 13.1 Å². The van der Waals surface area contributed by atoms with Crippen molar-refractivity contribution in [3.63, 3.8) is 0 Å². The minimum atomic E-state index is -3.29. The molecule has 0 aromatic rings. The number of rotatable bonds is 13. The van der Waals surface area contributed by atoms with Crippen LogP contribution in [-0.4, -0.2) is 55.9 Å². The molecule has 0 rings (SSSR count). The summed E-state index contributed by atoms with van der Waals surface area (Å²) in [7, 11) is -6.06. The minimum Gasteiger partial charge on any atom is -0.374 e. The molecule has 0 saturated carbocycles. The monoisotopic (exact) mass is 328 g/mol. The van der Waals surface area contributed by atoms with Crippen LogP contribution >= 0.6 is 0 Å². The standard InChI is InChI=1S/C11H28N2O5SSi/c1-4-16-20(17-5-2,18-6-3)11-9-13-19(14,15)10-7-8-12/h13H,4-12H2,1-3H3. The lowest BCUT2D eigenvalue weighted by Gasteiger charge is -2.28. The fourth-order valence-electron chi connectivity index (χ4n) is 1.71.